The average molecular weight is 500 g/mol. The number of ether oxygens (including phenoxy) is 1. The summed E-state index contributed by atoms with van der Waals surface area (Å²) in [6, 6.07) is 24.3. The van der Waals surface area contributed by atoms with Crippen molar-refractivity contribution in [1.82, 2.24) is 10.2 Å². The van der Waals surface area contributed by atoms with Gasteiger partial charge in [-0.1, -0.05) is 48.0 Å². The Bertz CT molecular complexity index is 1210. The van der Waals surface area contributed by atoms with Crippen LogP contribution in [0.5, 0.6) is 5.75 Å². The maximum absolute atomic E-state index is 12.9. The molecule has 1 aliphatic rings. The summed E-state index contributed by atoms with van der Waals surface area (Å²) in [5.41, 5.74) is 3.24. The number of aryl methyl sites for hydroxylation is 1. The summed E-state index contributed by atoms with van der Waals surface area (Å²) < 4.78 is 5.64. The zero-order valence-corrected chi connectivity index (χ0v) is 21.1. The minimum absolute atomic E-state index is 0.00505. The lowest BCUT2D eigenvalue weighted by molar-refractivity contribution is -0.136. The zero-order valence-electron chi connectivity index (χ0n) is 21.1. The summed E-state index contributed by atoms with van der Waals surface area (Å²) >= 11 is 0. The third-order valence-corrected chi connectivity index (χ3v) is 6.44. The van der Waals surface area contributed by atoms with Gasteiger partial charge in [-0.3, -0.25) is 14.4 Å². The summed E-state index contributed by atoms with van der Waals surface area (Å²) in [6.07, 6.45) is 1.83. The van der Waals surface area contributed by atoms with Gasteiger partial charge in [0.2, 0.25) is 11.8 Å². The number of nitrogens with zero attached hydrogens (tertiary/aromatic N) is 1. The van der Waals surface area contributed by atoms with E-state index in [9.17, 15) is 14.4 Å². The molecule has 2 N–H and O–H groups in total. The number of para-hydroxylation sites is 1. The van der Waals surface area contributed by atoms with Crippen molar-refractivity contribution < 1.29 is 19.1 Å². The minimum Gasteiger partial charge on any atom is -0.493 e. The molecule has 0 radical (unpaired) electrons. The van der Waals surface area contributed by atoms with Gasteiger partial charge < -0.3 is 20.3 Å². The molecule has 1 heterocycles. The van der Waals surface area contributed by atoms with Crippen LogP contribution < -0.4 is 15.4 Å². The van der Waals surface area contributed by atoms with E-state index in [1.807, 2.05) is 73.7 Å². The van der Waals surface area contributed by atoms with Gasteiger partial charge in [-0.25, -0.2) is 0 Å². The Balaban J connectivity index is 1.23. The van der Waals surface area contributed by atoms with Crippen LogP contribution in [0.2, 0.25) is 0 Å². The number of hydrogen-bond acceptors (Lipinski definition) is 4. The third-order valence-electron chi connectivity index (χ3n) is 6.44. The van der Waals surface area contributed by atoms with Gasteiger partial charge in [0.15, 0.2) is 0 Å². The third kappa shape index (κ3) is 7.67. The summed E-state index contributed by atoms with van der Waals surface area (Å²) in [5, 5.41) is 5.91. The van der Waals surface area contributed by atoms with Crippen LogP contribution in [0, 0.1) is 12.8 Å². The Morgan fingerprint density at radius 1 is 0.973 bits per heavy atom. The van der Waals surface area contributed by atoms with E-state index < -0.39 is 0 Å². The van der Waals surface area contributed by atoms with E-state index in [0.29, 0.717) is 37.5 Å². The maximum atomic E-state index is 12.9. The number of benzene rings is 3. The van der Waals surface area contributed by atoms with Gasteiger partial charge in [0.1, 0.15) is 5.75 Å². The average Bonchev–Trinajstić information content (AvgIpc) is 2.93. The van der Waals surface area contributed by atoms with Crippen molar-refractivity contribution in [3.8, 4) is 5.75 Å². The van der Waals surface area contributed by atoms with E-state index in [-0.39, 0.29) is 30.1 Å². The Morgan fingerprint density at radius 3 is 2.54 bits per heavy atom. The van der Waals surface area contributed by atoms with E-state index in [1.54, 1.807) is 17.0 Å². The number of nitrogens with one attached hydrogen (secondary N) is 2. The van der Waals surface area contributed by atoms with Crippen LogP contribution in [-0.4, -0.2) is 42.3 Å². The molecule has 7 heteroatoms. The van der Waals surface area contributed by atoms with Crippen LogP contribution in [0.3, 0.4) is 0 Å². The zero-order chi connectivity index (χ0) is 26.0. The molecule has 1 atom stereocenters. The van der Waals surface area contributed by atoms with Crippen molar-refractivity contribution in [2.75, 3.05) is 25.0 Å². The van der Waals surface area contributed by atoms with E-state index in [0.717, 1.165) is 29.7 Å². The van der Waals surface area contributed by atoms with Crippen molar-refractivity contribution in [2.45, 2.75) is 32.7 Å². The lowest BCUT2D eigenvalue weighted by atomic mass is 9.96. The van der Waals surface area contributed by atoms with Gasteiger partial charge in [0, 0.05) is 30.9 Å². The highest BCUT2D eigenvalue weighted by Crippen LogP contribution is 2.19. The van der Waals surface area contributed by atoms with Crippen molar-refractivity contribution in [3.05, 3.63) is 95.6 Å². The lowest BCUT2D eigenvalue weighted by Crippen LogP contribution is -2.45. The highest BCUT2D eigenvalue weighted by Gasteiger charge is 2.28. The first-order valence-electron chi connectivity index (χ1n) is 12.7. The molecular formula is C30H33N3O4. The van der Waals surface area contributed by atoms with Gasteiger partial charge in [-0.2, -0.15) is 0 Å². The highest BCUT2D eigenvalue weighted by atomic mass is 16.5. The second kappa shape index (κ2) is 12.7. The second-order valence-electron chi connectivity index (χ2n) is 9.33. The first-order valence-corrected chi connectivity index (χ1v) is 12.7. The molecule has 0 bridgehead atoms. The fourth-order valence-electron chi connectivity index (χ4n) is 4.35. The molecule has 1 saturated heterocycles. The fourth-order valence-corrected chi connectivity index (χ4v) is 4.35. The first-order chi connectivity index (χ1) is 18.0. The predicted molar refractivity (Wildman–Crippen MR) is 143 cm³/mol. The summed E-state index contributed by atoms with van der Waals surface area (Å²) in [6.45, 7) is 3.72. The smallest absolute Gasteiger partial charge is 0.255 e. The molecule has 7 nitrogen and oxygen atoms in total. The van der Waals surface area contributed by atoms with Crippen LogP contribution in [0.25, 0.3) is 0 Å². The standard InChI is InChI=1S/C30H33N3O4/c1-22-12-14-24(15-13-22)30(36)32-26-9-5-7-23(19-26)20-31-29(35)25-8-6-17-33(21-25)28(34)16-18-37-27-10-3-2-4-11-27/h2-5,7,9-15,19,25H,6,8,16-18,20-21H2,1H3,(H,31,35)(H,32,36). The Labute approximate surface area is 217 Å². The number of hydrogen-bond donors (Lipinski definition) is 2. The van der Waals surface area contributed by atoms with Crippen LogP contribution in [0.4, 0.5) is 5.69 Å². The van der Waals surface area contributed by atoms with Gasteiger partial charge in [0.05, 0.1) is 18.9 Å². The highest BCUT2D eigenvalue weighted by molar-refractivity contribution is 6.04. The Kier molecular flexibility index (Phi) is 8.92. The number of carbonyl (C=O) groups is 3. The van der Waals surface area contributed by atoms with E-state index in [1.165, 1.54) is 0 Å². The summed E-state index contributed by atoms with van der Waals surface area (Å²) in [4.78, 5) is 39.8. The summed E-state index contributed by atoms with van der Waals surface area (Å²) in [5.74, 6) is 0.266. The van der Waals surface area contributed by atoms with Crippen LogP contribution >= 0.6 is 0 Å². The van der Waals surface area contributed by atoms with E-state index in [4.69, 9.17) is 4.74 Å². The molecule has 0 saturated carbocycles. The van der Waals surface area contributed by atoms with E-state index in [2.05, 4.69) is 10.6 Å². The molecule has 192 valence electrons. The topological polar surface area (TPSA) is 87.7 Å². The molecule has 4 rings (SSSR count). The summed E-state index contributed by atoms with van der Waals surface area (Å²) in [7, 11) is 0. The Hall–Kier alpha value is -4.13. The molecule has 37 heavy (non-hydrogen) atoms. The van der Waals surface area contributed by atoms with Crippen molar-refractivity contribution in [2.24, 2.45) is 5.92 Å². The first kappa shape index (κ1) is 25.9. The van der Waals surface area contributed by atoms with Crippen molar-refractivity contribution in [1.29, 1.82) is 0 Å². The van der Waals surface area contributed by atoms with Gasteiger partial charge >= 0.3 is 0 Å². The molecule has 3 aromatic rings. The number of rotatable bonds is 9. The fraction of sp³-hybridized carbons (Fsp3) is 0.300. The van der Waals surface area contributed by atoms with Gasteiger partial charge in [-0.05, 0) is 61.7 Å². The van der Waals surface area contributed by atoms with E-state index >= 15 is 0 Å². The molecular weight excluding hydrogens is 466 g/mol. The van der Waals surface area contributed by atoms with Crippen molar-refractivity contribution >= 4 is 23.4 Å². The van der Waals surface area contributed by atoms with Crippen LogP contribution in [0.15, 0.2) is 78.9 Å². The number of carbonyl (C=O) groups excluding carboxylic acids is 3. The molecule has 1 fully saturated rings. The SMILES string of the molecule is Cc1ccc(C(=O)Nc2cccc(CNC(=O)C3CCCN(C(=O)CCOc4ccccc4)C3)c2)cc1. The maximum Gasteiger partial charge on any atom is 0.255 e. The molecule has 3 aromatic carbocycles. The lowest BCUT2D eigenvalue weighted by Gasteiger charge is -2.32. The molecule has 0 aliphatic carbocycles. The number of piperidine rings is 1. The van der Waals surface area contributed by atoms with Crippen LogP contribution in [0.1, 0.15) is 40.7 Å². The normalized spacial score (nSPS) is 15.1. The molecule has 1 aliphatic heterocycles. The Morgan fingerprint density at radius 2 is 1.76 bits per heavy atom. The second-order valence-corrected chi connectivity index (χ2v) is 9.33. The number of likely N-dealkylation sites (tertiary alicyclic amines) is 1. The van der Waals surface area contributed by atoms with Gasteiger partial charge in [0.25, 0.3) is 5.91 Å². The van der Waals surface area contributed by atoms with Crippen LogP contribution in [-0.2, 0) is 16.1 Å². The quantitative estimate of drug-likeness (QED) is 0.452. The predicted octanol–water partition coefficient (Wildman–Crippen LogP) is 4.57. The molecule has 1 unspecified atom stereocenters. The molecule has 3 amide bonds. The van der Waals surface area contributed by atoms with Crippen molar-refractivity contribution in [3.63, 3.8) is 0 Å². The largest absolute Gasteiger partial charge is 0.493 e. The number of amides is 3. The monoisotopic (exact) mass is 499 g/mol. The molecule has 0 spiro atoms. The number of anilines is 1. The van der Waals surface area contributed by atoms with Gasteiger partial charge in [-0.15, -0.1) is 0 Å². The minimum atomic E-state index is -0.239. The molecule has 0 aromatic heterocycles.